The Morgan fingerprint density at radius 2 is 1.29 bits per heavy atom. The Kier molecular flexibility index (Phi) is 3.50. The summed E-state index contributed by atoms with van der Waals surface area (Å²) in [6.45, 7) is 11.1. The molecule has 4 aliphatic heterocycles. The van der Waals surface area contributed by atoms with Crippen LogP contribution < -0.4 is 26.2 Å². The zero-order chi connectivity index (χ0) is 27.9. The zero-order valence-electron chi connectivity index (χ0n) is 24.4. The lowest BCUT2D eigenvalue weighted by atomic mass is 9.33. The van der Waals surface area contributed by atoms with Crippen LogP contribution in [0.25, 0.3) is 38.1 Å². The van der Waals surface area contributed by atoms with Gasteiger partial charge in [0.25, 0.3) is 6.71 Å². The third-order valence-electron chi connectivity index (χ3n) is 12.0. The molecular weight excluding hydrogens is 509 g/mol. The van der Waals surface area contributed by atoms with Crippen LogP contribution in [0.5, 0.6) is 0 Å². The lowest BCUT2D eigenvalue weighted by molar-refractivity contribution is 0.331. The number of benzene rings is 5. The topological polar surface area (TPSA) is 10.9 Å². The normalized spacial score (nSPS) is 18.5. The second kappa shape index (κ2) is 6.62. The first-order chi connectivity index (χ1) is 20.4. The van der Waals surface area contributed by atoms with Crippen LogP contribution in [-0.4, -0.2) is 23.2 Å². The zero-order valence-corrected chi connectivity index (χ0v) is 24.4. The molecule has 5 aromatic carbocycles. The second-order valence-corrected chi connectivity index (χ2v) is 14.0. The molecule has 0 spiro atoms. The van der Waals surface area contributed by atoms with Gasteiger partial charge < -0.3 is 14.2 Å². The smallest absolute Gasteiger partial charge is 0.252 e. The molecule has 0 amide bonds. The van der Waals surface area contributed by atoms with Gasteiger partial charge in [-0.15, -0.1) is 0 Å². The molecule has 0 saturated carbocycles. The number of rotatable bonds is 0. The molecule has 11 rings (SSSR count). The van der Waals surface area contributed by atoms with E-state index in [4.69, 9.17) is 0 Å². The molecule has 0 fully saturated rings. The van der Waals surface area contributed by atoms with Crippen molar-refractivity contribution in [1.29, 1.82) is 0 Å². The van der Waals surface area contributed by atoms with Crippen LogP contribution in [0, 0.1) is 0 Å². The summed E-state index contributed by atoms with van der Waals surface area (Å²) >= 11 is 0. The molecule has 0 saturated heterocycles. The molecule has 0 radical (unpaired) electrons. The molecule has 0 unspecified atom stereocenters. The van der Waals surface area contributed by atoms with Crippen LogP contribution >= 0.6 is 0 Å². The maximum absolute atomic E-state index is 2.79. The molecule has 0 aliphatic carbocycles. The van der Waals surface area contributed by atoms with Crippen LogP contribution in [-0.2, 0) is 11.8 Å². The monoisotopic (exact) mass is 539 g/mol. The van der Waals surface area contributed by atoms with E-state index in [2.05, 4.69) is 127 Å². The van der Waals surface area contributed by atoms with Crippen LogP contribution in [0.2, 0.25) is 0 Å². The van der Waals surface area contributed by atoms with Crippen molar-refractivity contribution in [2.45, 2.75) is 45.1 Å². The summed E-state index contributed by atoms with van der Waals surface area (Å²) in [4.78, 5) is 5.50. The largest absolute Gasteiger partial charge is 0.341 e. The first-order valence-electron chi connectivity index (χ1n) is 15.5. The molecule has 0 atom stereocenters. The second-order valence-electron chi connectivity index (χ2n) is 14.0. The maximum atomic E-state index is 2.79. The minimum Gasteiger partial charge on any atom is -0.341 e. The van der Waals surface area contributed by atoms with E-state index in [0.717, 1.165) is 13.0 Å². The van der Waals surface area contributed by atoms with Crippen molar-refractivity contribution in [3.05, 3.63) is 96.1 Å². The van der Waals surface area contributed by atoms with Gasteiger partial charge in [0.05, 0.1) is 16.6 Å². The fourth-order valence-electron chi connectivity index (χ4n) is 9.63. The standard InChI is InChI=1S/C38H30BN3/c1-37(2)24-14-10-16-26-33(24)42(38(37,3)4)36-30-23-13-6-8-18-28(23)41-27-17-7-5-12-22(27)29(34(30)41)35-31(36)39(26)25-15-9-11-21-19-20-40(35)32(21)25/h5-18H,19-20H2,1-4H3. The summed E-state index contributed by atoms with van der Waals surface area (Å²) in [5, 5.41) is 5.58. The van der Waals surface area contributed by atoms with E-state index in [-0.39, 0.29) is 17.7 Å². The molecule has 7 aromatic rings. The number of fused-ring (bicyclic) bond motifs is 12. The lowest BCUT2D eigenvalue weighted by Gasteiger charge is -2.48. The number of aromatic nitrogens is 1. The van der Waals surface area contributed by atoms with Crippen LogP contribution in [0.15, 0.2) is 84.9 Å². The van der Waals surface area contributed by atoms with E-state index < -0.39 is 0 Å². The predicted octanol–water partition coefficient (Wildman–Crippen LogP) is 6.88. The van der Waals surface area contributed by atoms with E-state index in [1.165, 1.54) is 88.4 Å². The Balaban J connectivity index is 1.48. The average Bonchev–Trinajstić information content (AvgIpc) is 3.71. The van der Waals surface area contributed by atoms with Crippen LogP contribution in [0.3, 0.4) is 0 Å². The third-order valence-corrected chi connectivity index (χ3v) is 12.0. The van der Waals surface area contributed by atoms with E-state index in [1.54, 1.807) is 0 Å². The molecule has 4 heteroatoms. The van der Waals surface area contributed by atoms with Gasteiger partial charge in [0, 0.05) is 61.8 Å². The maximum Gasteiger partial charge on any atom is 0.252 e. The minimum absolute atomic E-state index is 0.0212. The number of anilines is 4. The highest BCUT2D eigenvalue weighted by atomic mass is 15.3. The summed E-state index contributed by atoms with van der Waals surface area (Å²) in [6, 6.07) is 32.5. The van der Waals surface area contributed by atoms with E-state index in [0.29, 0.717) is 0 Å². The average molecular weight is 539 g/mol. The molecule has 6 heterocycles. The molecule has 3 nitrogen and oxygen atoms in total. The van der Waals surface area contributed by atoms with Crippen molar-refractivity contribution in [2.24, 2.45) is 0 Å². The number of nitrogens with zero attached hydrogens (tertiary/aromatic N) is 3. The Bertz CT molecular complexity index is 2390. The fraction of sp³-hybridized carbons (Fsp3) is 0.211. The van der Waals surface area contributed by atoms with Crippen LogP contribution in [0.1, 0.15) is 38.8 Å². The molecule has 0 N–H and O–H groups in total. The van der Waals surface area contributed by atoms with Gasteiger partial charge in [-0.1, -0.05) is 86.6 Å². The van der Waals surface area contributed by atoms with Gasteiger partial charge in [0.1, 0.15) is 0 Å². The highest BCUT2D eigenvalue weighted by Gasteiger charge is 2.58. The van der Waals surface area contributed by atoms with Gasteiger partial charge in [-0.2, -0.15) is 0 Å². The Morgan fingerprint density at radius 1 is 0.643 bits per heavy atom. The summed E-state index contributed by atoms with van der Waals surface area (Å²) < 4.78 is 2.58. The molecule has 0 bridgehead atoms. The first-order valence-corrected chi connectivity index (χ1v) is 15.5. The summed E-state index contributed by atoms with van der Waals surface area (Å²) in [5.41, 5.74) is 17.1. The Hall–Kier alpha value is -4.44. The highest BCUT2D eigenvalue weighted by Crippen LogP contribution is 2.60. The van der Waals surface area contributed by atoms with Crippen molar-refractivity contribution in [3.8, 4) is 0 Å². The van der Waals surface area contributed by atoms with Crippen molar-refractivity contribution in [1.82, 2.24) is 4.40 Å². The van der Waals surface area contributed by atoms with E-state index in [9.17, 15) is 0 Å². The highest BCUT2D eigenvalue weighted by molar-refractivity contribution is 7.01. The van der Waals surface area contributed by atoms with Crippen molar-refractivity contribution < 1.29 is 0 Å². The van der Waals surface area contributed by atoms with Gasteiger partial charge in [-0.05, 0) is 59.9 Å². The van der Waals surface area contributed by atoms with Gasteiger partial charge in [0.15, 0.2) is 0 Å². The molecule has 2 aromatic heterocycles. The summed E-state index contributed by atoms with van der Waals surface area (Å²) in [6.07, 6.45) is 1.10. The molecule has 4 aliphatic rings. The number of hydrogen-bond acceptors (Lipinski definition) is 2. The van der Waals surface area contributed by atoms with E-state index >= 15 is 0 Å². The summed E-state index contributed by atoms with van der Waals surface area (Å²) in [7, 11) is 0. The van der Waals surface area contributed by atoms with Gasteiger partial charge in [-0.25, -0.2) is 0 Å². The Morgan fingerprint density at radius 3 is 2.02 bits per heavy atom. The van der Waals surface area contributed by atoms with Gasteiger partial charge in [0.2, 0.25) is 0 Å². The predicted molar refractivity (Wildman–Crippen MR) is 179 cm³/mol. The van der Waals surface area contributed by atoms with Crippen molar-refractivity contribution in [2.75, 3.05) is 16.3 Å². The Labute approximate surface area is 245 Å². The number of hydrogen-bond donors (Lipinski definition) is 0. The quantitative estimate of drug-likeness (QED) is 0.195. The lowest BCUT2D eigenvalue weighted by Crippen LogP contribution is -2.63. The van der Waals surface area contributed by atoms with Crippen molar-refractivity contribution >= 4 is 83.9 Å². The SMILES string of the molecule is CC1(C)c2cccc3c2N(c2c4c(c5c6ccccc6n6c7ccccc7c2c56)N2CCc5cccc(c52)B34)C1(C)C. The molecule has 200 valence electrons. The van der Waals surface area contributed by atoms with Crippen LogP contribution in [0.4, 0.5) is 22.7 Å². The summed E-state index contributed by atoms with van der Waals surface area (Å²) in [5.74, 6) is 0. The first kappa shape index (κ1) is 22.2. The molecule has 42 heavy (non-hydrogen) atoms. The van der Waals surface area contributed by atoms with Gasteiger partial charge >= 0.3 is 0 Å². The number of para-hydroxylation sites is 4. The fourth-order valence-corrected chi connectivity index (χ4v) is 9.63. The molecular formula is C38H30BN3. The minimum atomic E-state index is -0.115. The van der Waals surface area contributed by atoms with Gasteiger partial charge in [-0.3, -0.25) is 0 Å². The van der Waals surface area contributed by atoms with E-state index in [1.807, 2.05) is 0 Å². The third kappa shape index (κ3) is 2.06. The van der Waals surface area contributed by atoms with Crippen molar-refractivity contribution in [3.63, 3.8) is 0 Å².